The van der Waals surface area contributed by atoms with Crippen molar-refractivity contribution >= 4 is 11.6 Å². The second-order valence-corrected chi connectivity index (χ2v) is 5.41. The number of nitrogens with one attached hydrogen (secondary N) is 1. The van der Waals surface area contributed by atoms with E-state index in [9.17, 15) is 9.59 Å². The second kappa shape index (κ2) is 6.54. The highest BCUT2D eigenvalue weighted by molar-refractivity contribution is 5.93. The molecule has 0 spiro atoms. The number of carbonyl (C=O) groups excluding carboxylic acids is 1. The van der Waals surface area contributed by atoms with Crippen molar-refractivity contribution < 1.29 is 9.53 Å². The fraction of sp³-hybridized carbons (Fsp3) is 0.167. The number of rotatable bonds is 4. The van der Waals surface area contributed by atoms with Gasteiger partial charge < -0.3 is 10.1 Å². The lowest BCUT2D eigenvalue weighted by molar-refractivity contribution is 0.0948. The van der Waals surface area contributed by atoms with Gasteiger partial charge >= 0.3 is 0 Å². The van der Waals surface area contributed by atoms with E-state index in [1.165, 1.54) is 10.6 Å². The van der Waals surface area contributed by atoms with Crippen LogP contribution in [0.1, 0.15) is 21.5 Å². The lowest BCUT2D eigenvalue weighted by Crippen LogP contribution is -2.31. The summed E-state index contributed by atoms with van der Waals surface area (Å²) < 4.78 is 6.63. The number of nitrogens with zero attached hydrogens (tertiary/aromatic N) is 2. The summed E-state index contributed by atoms with van der Waals surface area (Å²) in [5.41, 5.74) is 1.87. The molecule has 0 atom stereocenters. The second-order valence-electron chi connectivity index (χ2n) is 5.41. The molecule has 0 aliphatic carbocycles. The smallest absolute Gasteiger partial charge is 0.270 e. The van der Waals surface area contributed by atoms with Gasteiger partial charge in [0.2, 0.25) is 0 Å². The molecule has 24 heavy (non-hydrogen) atoms. The standard InChI is InChI=1S/C18H17N3O3/c1-12-7-8-16-19-10-14(18(23)21(16)11-12)17(22)20-9-13-5-3-4-6-15(13)24-2/h3-8,10-11H,9H2,1-2H3,(H,20,22). The molecule has 2 heterocycles. The molecule has 2 aromatic heterocycles. The minimum atomic E-state index is -0.464. The molecule has 3 rings (SSSR count). The van der Waals surface area contributed by atoms with Crippen LogP contribution in [0.3, 0.4) is 0 Å². The van der Waals surface area contributed by atoms with Crippen LogP contribution < -0.4 is 15.6 Å². The Balaban J connectivity index is 1.86. The van der Waals surface area contributed by atoms with Gasteiger partial charge in [-0.1, -0.05) is 24.3 Å². The number of pyridine rings is 1. The molecule has 3 aromatic rings. The maximum atomic E-state index is 12.5. The van der Waals surface area contributed by atoms with Gasteiger partial charge in [0, 0.05) is 24.5 Å². The van der Waals surface area contributed by atoms with Crippen LogP contribution in [0.25, 0.3) is 5.65 Å². The Labute approximate surface area is 138 Å². The molecule has 0 saturated heterocycles. The molecule has 6 nitrogen and oxygen atoms in total. The first-order chi connectivity index (χ1) is 11.6. The number of ether oxygens (including phenoxy) is 1. The molecule has 0 radical (unpaired) electrons. The maximum absolute atomic E-state index is 12.5. The van der Waals surface area contributed by atoms with Crippen LogP contribution in [0, 0.1) is 6.92 Å². The molecule has 1 amide bonds. The van der Waals surface area contributed by atoms with Crippen LogP contribution >= 0.6 is 0 Å². The summed E-state index contributed by atoms with van der Waals surface area (Å²) in [6.07, 6.45) is 2.98. The molecule has 0 aliphatic heterocycles. The van der Waals surface area contributed by atoms with Gasteiger partial charge in [-0.05, 0) is 24.6 Å². The van der Waals surface area contributed by atoms with Crippen LogP contribution in [0.15, 0.2) is 53.6 Å². The number of hydrogen-bond acceptors (Lipinski definition) is 4. The van der Waals surface area contributed by atoms with Crippen LogP contribution in [0.2, 0.25) is 0 Å². The van der Waals surface area contributed by atoms with Crippen LogP contribution in [0.5, 0.6) is 5.75 Å². The zero-order chi connectivity index (χ0) is 17.1. The highest BCUT2D eigenvalue weighted by Crippen LogP contribution is 2.16. The highest BCUT2D eigenvalue weighted by atomic mass is 16.5. The van der Waals surface area contributed by atoms with Gasteiger partial charge in [-0.15, -0.1) is 0 Å². The lowest BCUT2D eigenvalue weighted by Gasteiger charge is -2.09. The summed E-state index contributed by atoms with van der Waals surface area (Å²) in [4.78, 5) is 29.0. The predicted molar refractivity (Wildman–Crippen MR) is 90.4 cm³/mol. The van der Waals surface area contributed by atoms with Crippen molar-refractivity contribution in [2.75, 3.05) is 7.11 Å². The van der Waals surface area contributed by atoms with E-state index in [0.717, 1.165) is 11.1 Å². The minimum absolute atomic E-state index is 0.00741. The highest BCUT2D eigenvalue weighted by Gasteiger charge is 2.13. The number of benzene rings is 1. The lowest BCUT2D eigenvalue weighted by atomic mass is 10.2. The first-order valence-corrected chi connectivity index (χ1v) is 7.48. The fourth-order valence-electron chi connectivity index (χ4n) is 2.46. The van der Waals surface area contributed by atoms with Crippen molar-refractivity contribution in [1.82, 2.24) is 14.7 Å². The van der Waals surface area contributed by atoms with Crippen LogP contribution in [-0.4, -0.2) is 22.4 Å². The quantitative estimate of drug-likeness (QED) is 0.796. The summed E-state index contributed by atoms with van der Waals surface area (Å²) in [6, 6.07) is 11.0. The number of aryl methyl sites for hydroxylation is 1. The first-order valence-electron chi connectivity index (χ1n) is 7.48. The van der Waals surface area contributed by atoms with Gasteiger partial charge in [0.15, 0.2) is 0 Å². The topological polar surface area (TPSA) is 72.7 Å². The van der Waals surface area contributed by atoms with Gasteiger partial charge in [-0.2, -0.15) is 0 Å². The zero-order valence-electron chi connectivity index (χ0n) is 13.4. The number of amides is 1. The Bertz CT molecular complexity index is 963. The number of para-hydroxylation sites is 1. The van der Waals surface area contributed by atoms with Gasteiger partial charge in [-0.3, -0.25) is 14.0 Å². The van der Waals surface area contributed by atoms with Gasteiger partial charge in [0.1, 0.15) is 17.0 Å². The third-order valence-corrected chi connectivity index (χ3v) is 3.73. The Hall–Kier alpha value is -3.15. The molecule has 0 bridgehead atoms. The molecule has 1 aromatic carbocycles. The average molecular weight is 323 g/mol. The molecule has 0 fully saturated rings. The Morgan fingerprint density at radius 3 is 2.83 bits per heavy atom. The van der Waals surface area contributed by atoms with Crippen molar-refractivity contribution in [2.24, 2.45) is 0 Å². The van der Waals surface area contributed by atoms with Crippen molar-refractivity contribution in [3.63, 3.8) is 0 Å². The molecule has 0 aliphatic rings. The number of hydrogen-bond donors (Lipinski definition) is 1. The molecule has 1 N–H and O–H groups in total. The number of carbonyl (C=O) groups is 1. The normalized spacial score (nSPS) is 10.6. The monoisotopic (exact) mass is 323 g/mol. The Morgan fingerprint density at radius 1 is 1.25 bits per heavy atom. The van der Waals surface area contributed by atoms with Crippen LogP contribution in [0.4, 0.5) is 0 Å². The van der Waals surface area contributed by atoms with E-state index in [0.29, 0.717) is 11.4 Å². The summed E-state index contributed by atoms with van der Waals surface area (Å²) in [5.74, 6) is 0.219. The van der Waals surface area contributed by atoms with Crippen molar-refractivity contribution in [3.05, 3.63) is 75.8 Å². The van der Waals surface area contributed by atoms with Crippen LogP contribution in [-0.2, 0) is 6.54 Å². The van der Waals surface area contributed by atoms with E-state index in [1.54, 1.807) is 19.4 Å². The summed E-state index contributed by atoms with van der Waals surface area (Å²) in [5, 5.41) is 2.74. The zero-order valence-corrected chi connectivity index (χ0v) is 13.4. The van der Waals surface area contributed by atoms with E-state index in [4.69, 9.17) is 4.74 Å². The van der Waals surface area contributed by atoms with E-state index in [1.807, 2.05) is 37.3 Å². The molecular weight excluding hydrogens is 306 g/mol. The van der Waals surface area contributed by atoms with Gasteiger partial charge in [0.05, 0.1) is 7.11 Å². The maximum Gasteiger partial charge on any atom is 0.270 e. The number of methoxy groups -OCH3 is 1. The average Bonchev–Trinajstić information content (AvgIpc) is 2.60. The number of fused-ring (bicyclic) bond motifs is 1. The molecular formula is C18H17N3O3. The molecule has 0 saturated carbocycles. The Kier molecular flexibility index (Phi) is 4.29. The minimum Gasteiger partial charge on any atom is -0.496 e. The first kappa shape index (κ1) is 15.7. The summed E-state index contributed by atoms with van der Waals surface area (Å²) in [7, 11) is 1.57. The molecule has 6 heteroatoms. The molecule has 122 valence electrons. The van der Waals surface area contributed by atoms with Crippen molar-refractivity contribution in [2.45, 2.75) is 13.5 Å². The fourth-order valence-corrected chi connectivity index (χ4v) is 2.46. The SMILES string of the molecule is COc1ccccc1CNC(=O)c1cnc2ccc(C)cn2c1=O. The third-order valence-electron chi connectivity index (χ3n) is 3.73. The van der Waals surface area contributed by atoms with Crippen molar-refractivity contribution in [3.8, 4) is 5.75 Å². The van der Waals surface area contributed by atoms with Gasteiger partial charge in [-0.25, -0.2) is 4.98 Å². The number of aromatic nitrogens is 2. The van der Waals surface area contributed by atoms with E-state index in [-0.39, 0.29) is 17.7 Å². The van der Waals surface area contributed by atoms with Crippen molar-refractivity contribution in [1.29, 1.82) is 0 Å². The van der Waals surface area contributed by atoms with E-state index in [2.05, 4.69) is 10.3 Å². The summed E-state index contributed by atoms with van der Waals surface area (Å²) >= 11 is 0. The summed E-state index contributed by atoms with van der Waals surface area (Å²) in [6.45, 7) is 2.14. The third kappa shape index (κ3) is 2.99. The molecule has 0 unspecified atom stereocenters. The largest absolute Gasteiger partial charge is 0.496 e. The predicted octanol–water partition coefficient (Wildman–Crippen LogP) is 1.94. The van der Waals surface area contributed by atoms with E-state index >= 15 is 0 Å². The van der Waals surface area contributed by atoms with Gasteiger partial charge in [0.25, 0.3) is 11.5 Å². The van der Waals surface area contributed by atoms with E-state index < -0.39 is 5.91 Å². The Morgan fingerprint density at radius 2 is 2.04 bits per heavy atom.